The third-order valence-electron chi connectivity index (χ3n) is 1.45. The summed E-state index contributed by atoms with van der Waals surface area (Å²) in [7, 11) is 1.87. The summed E-state index contributed by atoms with van der Waals surface area (Å²) in [5, 5.41) is 5.78. The molecule has 0 heterocycles. The second kappa shape index (κ2) is 7.54. The third kappa shape index (κ3) is 7.33. The van der Waals surface area contributed by atoms with Crippen molar-refractivity contribution in [2.24, 2.45) is 0 Å². The first-order chi connectivity index (χ1) is 5.31. The molecule has 0 aliphatic heterocycles. The van der Waals surface area contributed by atoms with Gasteiger partial charge in [0.2, 0.25) is 5.91 Å². The summed E-state index contributed by atoms with van der Waals surface area (Å²) < 4.78 is 0. The molecule has 0 fully saturated rings. The molecule has 0 aromatic carbocycles. The standard InChI is InChI=1S/C8H18N2O/c1-3-4-5-8(11)10-7-6-9-2/h9H,3-7H2,1-2H3,(H,10,11). The first-order valence-electron chi connectivity index (χ1n) is 4.22. The monoisotopic (exact) mass is 158 g/mol. The molecule has 0 aliphatic carbocycles. The van der Waals surface area contributed by atoms with Crippen LogP contribution in [0.2, 0.25) is 0 Å². The fourth-order valence-corrected chi connectivity index (χ4v) is 0.753. The Morgan fingerprint density at radius 3 is 2.64 bits per heavy atom. The zero-order chi connectivity index (χ0) is 8.53. The lowest BCUT2D eigenvalue weighted by Gasteiger charge is -2.02. The Bertz CT molecular complexity index is 104. The average Bonchev–Trinajstić information content (AvgIpc) is 2.01. The van der Waals surface area contributed by atoms with Crippen LogP contribution in [0.15, 0.2) is 0 Å². The van der Waals surface area contributed by atoms with Crippen molar-refractivity contribution < 1.29 is 4.79 Å². The minimum atomic E-state index is 0.169. The van der Waals surface area contributed by atoms with E-state index in [0.29, 0.717) is 6.42 Å². The molecule has 0 saturated carbocycles. The van der Waals surface area contributed by atoms with Gasteiger partial charge in [-0.2, -0.15) is 0 Å². The number of likely N-dealkylation sites (N-methyl/N-ethyl adjacent to an activating group) is 1. The van der Waals surface area contributed by atoms with Crippen LogP contribution in [0.5, 0.6) is 0 Å². The Balaban J connectivity index is 3.09. The quantitative estimate of drug-likeness (QED) is 0.553. The van der Waals surface area contributed by atoms with Gasteiger partial charge in [-0.15, -0.1) is 0 Å². The zero-order valence-corrected chi connectivity index (χ0v) is 7.44. The lowest BCUT2D eigenvalue weighted by molar-refractivity contribution is -0.121. The predicted molar refractivity (Wildman–Crippen MR) is 46.5 cm³/mol. The summed E-state index contributed by atoms with van der Waals surface area (Å²) in [4.78, 5) is 10.9. The van der Waals surface area contributed by atoms with Gasteiger partial charge in [0, 0.05) is 19.5 Å². The molecule has 0 atom stereocenters. The van der Waals surface area contributed by atoms with Crippen LogP contribution < -0.4 is 10.6 Å². The molecule has 3 nitrogen and oxygen atoms in total. The molecule has 11 heavy (non-hydrogen) atoms. The van der Waals surface area contributed by atoms with Crippen molar-refractivity contribution in [1.82, 2.24) is 10.6 Å². The van der Waals surface area contributed by atoms with E-state index in [0.717, 1.165) is 25.9 Å². The van der Waals surface area contributed by atoms with Gasteiger partial charge in [-0.05, 0) is 13.5 Å². The lowest BCUT2D eigenvalue weighted by Crippen LogP contribution is -2.30. The van der Waals surface area contributed by atoms with E-state index in [1.807, 2.05) is 7.05 Å². The normalized spacial score (nSPS) is 9.64. The highest BCUT2D eigenvalue weighted by molar-refractivity contribution is 5.75. The first-order valence-corrected chi connectivity index (χ1v) is 4.22. The molecule has 0 aliphatic rings. The van der Waals surface area contributed by atoms with Crippen molar-refractivity contribution in [3.63, 3.8) is 0 Å². The number of amides is 1. The van der Waals surface area contributed by atoms with Gasteiger partial charge < -0.3 is 10.6 Å². The predicted octanol–water partition coefficient (Wildman–Crippen LogP) is 0.512. The molecule has 1 amide bonds. The fraction of sp³-hybridized carbons (Fsp3) is 0.875. The van der Waals surface area contributed by atoms with Gasteiger partial charge in [0.25, 0.3) is 0 Å². The van der Waals surface area contributed by atoms with Crippen molar-refractivity contribution in [3.05, 3.63) is 0 Å². The maximum Gasteiger partial charge on any atom is 0.220 e. The highest BCUT2D eigenvalue weighted by atomic mass is 16.1. The molecule has 0 spiro atoms. The van der Waals surface area contributed by atoms with E-state index in [4.69, 9.17) is 0 Å². The number of carbonyl (C=O) groups is 1. The number of rotatable bonds is 6. The van der Waals surface area contributed by atoms with Gasteiger partial charge in [-0.1, -0.05) is 13.3 Å². The Kier molecular flexibility index (Phi) is 7.15. The van der Waals surface area contributed by atoms with Crippen LogP contribution in [-0.4, -0.2) is 26.0 Å². The van der Waals surface area contributed by atoms with E-state index in [2.05, 4.69) is 17.6 Å². The summed E-state index contributed by atoms with van der Waals surface area (Å²) in [5.41, 5.74) is 0. The molecule has 0 aromatic heterocycles. The molecular weight excluding hydrogens is 140 g/mol. The van der Waals surface area contributed by atoms with E-state index in [-0.39, 0.29) is 5.91 Å². The smallest absolute Gasteiger partial charge is 0.220 e. The van der Waals surface area contributed by atoms with Crippen molar-refractivity contribution >= 4 is 5.91 Å². The Morgan fingerprint density at radius 2 is 2.09 bits per heavy atom. The molecule has 2 N–H and O–H groups in total. The summed E-state index contributed by atoms with van der Waals surface area (Å²) in [6.45, 7) is 3.66. The first kappa shape index (κ1) is 10.4. The maximum absolute atomic E-state index is 10.9. The number of unbranched alkanes of at least 4 members (excludes halogenated alkanes) is 1. The van der Waals surface area contributed by atoms with E-state index >= 15 is 0 Å². The molecular formula is C8H18N2O. The lowest BCUT2D eigenvalue weighted by atomic mass is 10.2. The average molecular weight is 158 g/mol. The molecule has 0 rings (SSSR count). The van der Waals surface area contributed by atoms with Crippen LogP contribution in [-0.2, 0) is 4.79 Å². The summed E-state index contributed by atoms with van der Waals surface area (Å²) in [5.74, 6) is 0.169. The second-order valence-corrected chi connectivity index (χ2v) is 2.56. The van der Waals surface area contributed by atoms with Gasteiger partial charge in [-0.25, -0.2) is 0 Å². The van der Waals surface area contributed by atoms with Crippen LogP contribution in [0.4, 0.5) is 0 Å². The van der Waals surface area contributed by atoms with Crippen molar-refractivity contribution in [2.45, 2.75) is 26.2 Å². The highest BCUT2D eigenvalue weighted by Crippen LogP contribution is 1.92. The summed E-state index contributed by atoms with van der Waals surface area (Å²) in [6.07, 6.45) is 2.74. The minimum Gasteiger partial charge on any atom is -0.355 e. The minimum absolute atomic E-state index is 0.169. The number of hydrogen-bond donors (Lipinski definition) is 2. The van der Waals surface area contributed by atoms with Crippen molar-refractivity contribution in [1.29, 1.82) is 0 Å². The zero-order valence-electron chi connectivity index (χ0n) is 7.44. The number of carbonyl (C=O) groups excluding carboxylic acids is 1. The summed E-state index contributed by atoms with van der Waals surface area (Å²) in [6, 6.07) is 0. The van der Waals surface area contributed by atoms with E-state index < -0.39 is 0 Å². The van der Waals surface area contributed by atoms with Gasteiger partial charge in [0.05, 0.1) is 0 Å². The maximum atomic E-state index is 10.9. The third-order valence-corrected chi connectivity index (χ3v) is 1.45. The van der Waals surface area contributed by atoms with E-state index in [1.165, 1.54) is 0 Å². The molecule has 0 aromatic rings. The number of nitrogens with one attached hydrogen (secondary N) is 2. The van der Waals surface area contributed by atoms with Crippen LogP contribution in [0.3, 0.4) is 0 Å². The fourth-order valence-electron chi connectivity index (χ4n) is 0.753. The Labute approximate surface area is 68.6 Å². The molecule has 0 radical (unpaired) electrons. The van der Waals surface area contributed by atoms with Crippen molar-refractivity contribution in [2.75, 3.05) is 20.1 Å². The molecule has 3 heteroatoms. The molecule has 0 unspecified atom stereocenters. The largest absolute Gasteiger partial charge is 0.355 e. The highest BCUT2D eigenvalue weighted by Gasteiger charge is 1.96. The van der Waals surface area contributed by atoms with Crippen LogP contribution in [0.1, 0.15) is 26.2 Å². The SMILES string of the molecule is CCCCC(=O)NCCNC. The molecule has 66 valence electrons. The van der Waals surface area contributed by atoms with Gasteiger partial charge in [-0.3, -0.25) is 4.79 Å². The Hall–Kier alpha value is -0.570. The van der Waals surface area contributed by atoms with E-state index in [9.17, 15) is 4.79 Å². The number of hydrogen-bond acceptors (Lipinski definition) is 2. The van der Waals surface area contributed by atoms with E-state index in [1.54, 1.807) is 0 Å². The Morgan fingerprint density at radius 1 is 1.36 bits per heavy atom. The van der Waals surface area contributed by atoms with Gasteiger partial charge in [0.1, 0.15) is 0 Å². The second-order valence-electron chi connectivity index (χ2n) is 2.56. The molecule has 0 saturated heterocycles. The van der Waals surface area contributed by atoms with Gasteiger partial charge in [0.15, 0.2) is 0 Å². The van der Waals surface area contributed by atoms with Crippen LogP contribution in [0, 0.1) is 0 Å². The molecule has 0 bridgehead atoms. The topological polar surface area (TPSA) is 41.1 Å². The van der Waals surface area contributed by atoms with Crippen LogP contribution >= 0.6 is 0 Å². The van der Waals surface area contributed by atoms with Crippen molar-refractivity contribution in [3.8, 4) is 0 Å². The van der Waals surface area contributed by atoms with Crippen LogP contribution in [0.25, 0.3) is 0 Å². The summed E-state index contributed by atoms with van der Waals surface area (Å²) >= 11 is 0. The van der Waals surface area contributed by atoms with Gasteiger partial charge >= 0.3 is 0 Å².